The molecule has 0 aliphatic carbocycles. The largest absolute Gasteiger partial charge is 0.497 e. The Kier molecular flexibility index (Phi) is 4.52. The van der Waals surface area contributed by atoms with Crippen LogP contribution in [0.15, 0.2) is 35.8 Å². The summed E-state index contributed by atoms with van der Waals surface area (Å²) in [5.41, 5.74) is 0.301. The first-order valence-corrected chi connectivity index (χ1v) is 8.52. The number of ether oxygens (including phenoxy) is 1. The Hall–Kier alpha value is -2.08. The number of carboxylic acids is 1. The van der Waals surface area contributed by atoms with E-state index in [1.165, 1.54) is 0 Å². The second-order valence-electron chi connectivity index (χ2n) is 5.92. The van der Waals surface area contributed by atoms with Gasteiger partial charge in [-0.05, 0) is 37.0 Å². The molecule has 122 valence electrons. The third-order valence-electron chi connectivity index (χ3n) is 4.54. The Balaban J connectivity index is 1.75. The molecular weight excluding hydrogens is 312 g/mol. The zero-order valence-electron chi connectivity index (χ0n) is 13.1. The molecule has 2 heterocycles. The summed E-state index contributed by atoms with van der Waals surface area (Å²) in [6, 6.07) is 7.69. The molecule has 1 N–H and O–H groups in total. The van der Waals surface area contributed by atoms with Gasteiger partial charge in [0.1, 0.15) is 5.75 Å². The molecule has 1 fully saturated rings. The van der Waals surface area contributed by atoms with Gasteiger partial charge in [-0.1, -0.05) is 12.1 Å². The molecule has 0 radical (unpaired) electrons. The molecule has 2 aromatic rings. The highest BCUT2D eigenvalue weighted by atomic mass is 32.1. The fourth-order valence-electron chi connectivity index (χ4n) is 3.14. The lowest BCUT2D eigenvalue weighted by molar-refractivity contribution is -0.150. The van der Waals surface area contributed by atoms with Crippen molar-refractivity contribution in [2.24, 2.45) is 5.41 Å². The molecule has 1 aliphatic heterocycles. The van der Waals surface area contributed by atoms with Crippen molar-refractivity contribution in [3.63, 3.8) is 0 Å². The number of hydrogen-bond donors (Lipinski definition) is 1. The summed E-state index contributed by atoms with van der Waals surface area (Å²) in [4.78, 5) is 18.5. The van der Waals surface area contributed by atoms with E-state index in [0.29, 0.717) is 19.3 Å². The van der Waals surface area contributed by atoms with Gasteiger partial charge in [-0.3, -0.25) is 4.79 Å². The lowest BCUT2D eigenvalue weighted by Crippen LogP contribution is -2.45. The van der Waals surface area contributed by atoms with Crippen LogP contribution in [0.5, 0.6) is 5.75 Å². The van der Waals surface area contributed by atoms with Gasteiger partial charge < -0.3 is 14.7 Å². The summed E-state index contributed by atoms with van der Waals surface area (Å²) in [5, 5.41) is 12.8. The smallest absolute Gasteiger partial charge is 0.310 e. The highest BCUT2D eigenvalue weighted by Crippen LogP contribution is 2.37. The van der Waals surface area contributed by atoms with Gasteiger partial charge in [0.2, 0.25) is 0 Å². The number of rotatable bonds is 5. The van der Waals surface area contributed by atoms with Gasteiger partial charge in [0.15, 0.2) is 5.13 Å². The molecule has 23 heavy (non-hydrogen) atoms. The second-order valence-corrected chi connectivity index (χ2v) is 6.79. The summed E-state index contributed by atoms with van der Waals surface area (Å²) in [6.07, 6.45) is 3.57. The van der Waals surface area contributed by atoms with Crippen LogP contribution in [0, 0.1) is 5.41 Å². The summed E-state index contributed by atoms with van der Waals surface area (Å²) in [6.45, 7) is 1.45. The molecule has 1 aromatic carbocycles. The van der Waals surface area contributed by atoms with Gasteiger partial charge in [0.25, 0.3) is 0 Å². The first-order chi connectivity index (χ1) is 11.1. The van der Waals surface area contributed by atoms with E-state index in [0.717, 1.165) is 29.5 Å². The summed E-state index contributed by atoms with van der Waals surface area (Å²) in [7, 11) is 1.62. The maximum atomic E-state index is 12.0. The fraction of sp³-hybridized carbons (Fsp3) is 0.412. The van der Waals surface area contributed by atoms with Crippen LogP contribution in [0.25, 0.3) is 0 Å². The zero-order chi connectivity index (χ0) is 16.3. The van der Waals surface area contributed by atoms with Crippen LogP contribution in [-0.4, -0.2) is 36.3 Å². The Labute approximate surface area is 139 Å². The highest BCUT2D eigenvalue weighted by molar-refractivity contribution is 7.13. The average molecular weight is 332 g/mol. The van der Waals surface area contributed by atoms with E-state index in [1.54, 1.807) is 24.6 Å². The molecule has 0 spiro atoms. The third-order valence-corrected chi connectivity index (χ3v) is 5.37. The maximum absolute atomic E-state index is 12.0. The number of aromatic nitrogens is 1. The summed E-state index contributed by atoms with van der Waals surface area (Å²) in [5.74, 6) is 0.0577. The molecule has 0 amide bonds. The molecule has 0 unspecified atom stereocenters. The van der Waals surface area contributed by atoms with Crippen molar-refractivity contribution in [1.29, 1.82) is 0 Å². The van der Waals surface area contributed by atoms with Crippen molar-refractivity contribution < 1.29 is 14.6 Å². The van der Waals surface area contributed by atoms with Gasteiger partial charge in [0.05, 0.1) is 12.5 Å². The lowest BCUT2D eigenvalue weighted by atomic mass is 9.74. The van der Waals surface area contributed by atoms with E-state index in [4.69, 9.17) is 4.74 Å². The molecule has 0 bridgehead atoms. The minimum absolute atomic E-state index is 0.533. The molecule has 1 aromatic heterocycles. The van der Waals surface area contributed by atoms with Crippen LogP contribution < -0.4 is 9.64 Å². The van der Waals surface area contributed by atoms with Gasteiger partial charge in [-0.15, -0.1) is 11.3 Å². The number of nitrogens with zero attached hydrogens (tertiary/aromatic N) is 2. The fourth-order valence-corrected chi connectivity index (χ4v) is 3.83. The van der Waals surface area contributed by atoms with Crippen LogP contribution in [0.4, 0.5) is 5.13 Å². The monoisotopic (exact) mass is 332 g/mol. The Bertz CT molecular complexity index is 664. The predicted molar refractivity (Wildman–Crippen MR) is 90.3 cm³/mol. The van der Waals surface area contributed by atoms with E-state index in [-0.39, 0.29) is 0 Å². The minimum atomic E-state index is -0.709. The van der Waals surface area contributed by atoms with Crippen molar-refractivity contribution in [1.82, 2.24) is 4.98 Å². The number of carboxylic acid groups (broad SMARTS) is 1. The average Bonchev–Trinajstić information content (AvgIpc) is 3.10. The van der Waals surface area contributed by atoms with Crippen molar-refractivity contribution in [3.05, 3.63) is 41.4 Å². The Morgan fingerprint density at radius 2 is 2.22 bits per heavy atom. The molecule has 0 atom stereocenters. The van der Waals surface area contributed by atoms with Crippen LogP contribution in [0.1, 0.15) is 18.4 Å². The van der Waals surface area contributed by atoms with Crippen molar-refractivity contribution in [2.75, 3.05) is 25.1 Å². The van der Waals surface area contributed by atoms with E-state index < -0.39 is 11.4 Å². The molecule has 3 rings (SSSR count). The molecule has 5 nitrogen and oxygen atoms in total. The summed E-state index contributed by atoms with van der Waals surface area (Å²) < 4.78 is 5.24. The van der Waals surface area contributed by atoms with E-state index in [9.17, 15) is 9.90 Å². The number of methoxy groups -OCH3 is 1. The van der Waals surface area contributed by atoms with Gasteiger partial charge in [-0.25, -0.2) is 4.98 Å². The number of benzene rings is 1. The van der Waals surface area contributed by atoms with Gasteiger partial charge in [-0.2, -0.15) is 0 Å². The zero-order valence-corrected chi connectivity index (χ0v) is 13.9. The predicted octanol–water partition coefficient (Wildman–Crippen LogP) is 3.07. The second kappa shape index (κ2) is 6.58. The van der Waals surface area contributed by atoms with Crippen LogP contribution in [0.3, 0.4) is 0 Å². The Morgan fingerprint density at radius 1 is 1.43 bits per heavy atom. The quantitative estimate of drug-likeness (QED) is 0.912. The number of piperidine rings is 1. The van der Waals surface area contributed by atoms with Crippen LogP contribution in [0.2, 0.25) is 0 Å². The number of carbonyl (C=O) groups is 1. The van der Waals surface area contributed by atoms with Gasteiger partial charge in [0, 0.05) is 24.7 Å². The third kappa shape index (κ3) is 3.32. The van der Waals surface area contributed by atoms with Crippen LogP contribution >= 0.6 is 11.3 Å². The minimum Gasteiger partial charge on any atom is -0.497 e. The lowest BCUT2D eigenvalue weighted by Gasteiger charge is -2.39. The van der Waals surface area contributed by atoms with Crippen molar-refractivity contribution in [3.8, 4) is 5.75 Å². The maximum Gasteiger partial charge on any atom is 0.310 e. The topological polar surface area (TPSA) is 62.7 Å². The van der Waals surface area contributed by atoms with E-state index in [2.05, 4.69) is 9.88 Å². The van der Waals surface area contributed by atoms with Gasteiger partial charge >= 0.3 is 5.97 Å². The van der Waals surface area contributed by atoms with Crippen molar-refractivity contribution in [2.45, 2.75) is 19.3 Å². The molecule has 6 heteroatoms. The summed E-state index contributed by atoms with van der Waals surface area (Å²) >= 11 is 1.60. The molecule has 0 saturated carbocycles. The highest BCUT2D eigenvalue weighted by Gasteiger charge is 2.42. The number of hydrogen-bond acceptors (Lipinski definition) is 5. The van der Waals surface area contributed by atoms with Crippen LogP contribution in [-0.2, 0) is 11.2 Å². The number of anilines is 1. The Morgan fingerprint density at radius 3 is 2.83 bits per heavy atom. The first-order valence-electron chi connectivity index (χ1n) is 7.64. The van der Waals surface area contributed by atoms with E-state index in [1.807, 2.05) is 29.6 Å². The normalized spacial score (nSPS) is 17.0. The first kappa shape index (κ1) is 15.8. The van der Waals surface area contributed by atoms with Crippen molar-refractivity contribution >= 4 is 22.4 Å². The number of thiazole rings is 1. The SMILES string of the molecule is COc1cccc(CC2(C(=O)O)CCN(c3nccs3)CC2)c1. The standard InChI is InChI=1S/C17H20N2O3S/c1-22-14-4-2-3-13(11-14)12-17(15(20)21)5-8-19(9-6-17)16-18-7-10-23-16/h2-4,7,10-11H,5-6,8-9,12H2,1H3,(H,20,21). The number of aliphatic carboxylic acids is 1. The molecular formula is C17H20N2O3S. The molecule has 1 aliphatic rings. The van der Waals surface area contributed by atoms with E-state index >= 15 is 0 Å². The molecule has 1 saturated heterocycles.